The van der Waals surface area contributed by atoms with Gasteiger partial charge in [0.2, 0.25) is 0 Å². The van der Waals surface area contributed by atoms with Crippen LogP contribution in [0.4, 0.5) is 0 Å². The number of rotatable bonds is 6. The van der Waals surface area contributed by atoms with Gasteiger partial charge < -0.3 is 15.0 Å². The third kappa shape index (κ3) is 3.77. The normalized spacial score (nSPS) is 12.4. The van der Waals surface area contributed by atoms with Gasteiger partial charge in [-0.15, -0.1) is 0 Å². The lowest BCUT2D eigenvalue weighted by Crippen LogP contribution is -2.27. The second-order valence-electron chi connectivity index (χ2n) is 5.81. The molecule has 0 saturated carbocycles. The van der Waals surface area contributed by atoms with E-state index < -0.39 is 6.04 Å². The van der Waals surface area contributed by atoms with E-state index in [2.05, 4.69) is 13.8 Å². The third-order valence-corrected chi connectivity index (χ3v) is 3.55. The molecule has 22 heavy (non-hydrogen) atoms. The number of ether oxygens (including phenoxy) is 1. The minimum Gasteiger partial charge on any atom is -0.493 e. The summed E-state index contributed by atoms with van der Waals surface area (Å²) in [5.41, 5.74) is 7.75. The molecule has 0 saturated heterocycles. The van der Waals surface area contributed by atoms with Gasteiger partial charge in [0.25, 0.3) is 5.56 Å². The molecule has 0 bridgehead atoms. The quantitative estimate of drug-likeness (QED) is 0.892. The van der Waals surface area contributed by atoms with E-state index in [0.29, 0.717) is 24.6 Å². The van der Waals surface area contributed by atoms with Crippen LogP contribution in [0.2, 0.25) is 0 Å². The number of pyridine rings is 1. The molecule has 2 N–H and O–H groups in total. The molecule has 4 nitrogen and oxygen atoms in total. The second-order valence-corrected chi connectivity index (χ2v) is 5.81. The van der Waals surface area contributed by atoms with Crippen LogP contribution in [0.5, 0.6) is 5.75 Å². The highest BCUT2D eigenvalue weighted by molar-refractivity contribution is 5.34. The van der Waals surface area contributed by atoms with Crippen LogP contribution in [0.3, 0.4) is 0 Å². The summed E-state index contributed by atoms with van der Waals surface area (Å²) in [6, 6.07) is 10.9. The summed E-state index contributed by atoms with van der Waals surface area (Å²) in [5, 5.41) is 0. The zero-order valence-corrected chi connectivity index (χ0v) is 13.5. The summed E-state index contributed by atoms with van der Waals surface area (Å²) in [7, 11) is 0. The molecule has 2 aromatic rings. The van der Waals surface area contributed by atoms with Crippen molar-refractivity contribution >= 4 is 0 Å². The molecule has 0 radical (unpaired) electrons. The Morgan fingerprint density at radius 2 is 1.86 bits per heavy atom. The Hall–Kier alpha value is -2.07. The molecule has 2 rings (SSSR count). The van der Waals surface area contributed by atoms with E-state index in [1.165, 1.54) is 0 Å². The Bertz CT molecular complexity index is 660. The average Bonchev–Trinajstić information content (AvgIpc) is 2.53. The van der Waals surface area contributed by atoms with Crippen LogP contribution in [-0.2, 0) is 6.54 Å². The van der Waals surface area contributed by atoms with Crippen LogP contribution in [0, 0.1) is 5.92 Å². The van der Waals surface area contributed by atoms with E-state index in [1.54, 1.807) is 16.8 Å². The molecular formula is C18H24N2O2. The van der Waals surface area contributed by atoms with E-state index in [4.69, 9.17) is 10.5 Å². The lowest BCUT2D eigenvalue weighted by molar-refractivity contribution is 0.271. The van der Waals surface area contributed by atoms with Crippen LogP contribution < -0.4 is 16.0 Å². The average molecular weight is 300 g/mol. The maximum Gasteiger partial charge on any atom is 0.255 e. The molecule has 0 aliphatic carbocycles. The van der Waals surface area contributed by atoms with Gasteiger partial charge in [0.15, 0.2) is 0 Å². The lowest BCUT2D eigenvalue weighted by Gasteiger charge is -2.14. The molecule has 1 aromatic carbocycles. The van der Waals surface area contributed by atoms with Gasteiger partial charge in [0.1, 0.15) is 5.75 Å². The third-order valence-electron chi connectivity index (χ3n) is 3.55. The molecule has 0 fully saturated rings. The fourth-order valence-electron chi connectivity index (χ4n) is 2.25. The summed E-state index contributed by atoms with van der Waals surface area (Å²) in [5.74, 6) is 1.31. The Morgan fingerprint density at radius 3 is 2.45 bits per heavy atom. The number of hydrogen-bond acceptors (Lipinski definition) is 3. The van der Waals surface area contributed by atoms with Gasteiger partial charge >= 0.3 is 0 Å². The molecule has 0 amide bonds. The minimum absolute atomic E-state index is 0.0300. The van der Waals surface area contributed by atoms with Crippen molar-refractivity contribution < 1.29 is 4.74 Å². The van der Waals surface area contributed by atoms with E-state index in [1.807, 2.05) is 37.3 Å². The van der Waals surface area contributed by atoms with E-state index >= 15 is 0 Å². The predicted molar refractivity (Wildman–Crippen MR) is 89.2 cm³/mol. The molecule has 4 heteroatoms. The summed E-state index contributed by atoms with van der Waals surface area (Å²) in [6.07, 6.45) is 1.78. The van der Waals surface area contributed by atoms with Crippen LogP contribution in [0.1, 0.15) is 37.9 Å². The topological polar surface area (TPSA) is 57.2 Å². The Balaban J connectivity index is 2.19. The van der Waals surface area contributed by atoms with Gasteiger partial charge in [-0.2, -0.15) is 0 Å². The minimum atomic E-state index is -0.425. The van der Waals surface area contributed by atoms with Crippen molar-refractivity contribution in [1.82, 2.24) is 4.57 Å². The van der Waals surface area contributed by atoms with Crippen molar-refractivity contribution in [1.29, 1.82) is 0 Å². The van der Waals surface area contributed by atoms with Crippen molar-refractivity contribution in [3.63, 3.8) is 0 Å². The summed E-state index contributed by atoms with van der Waals surface area (Å²) in [6.45, 7) is 7.49. The smallest absolute Gasteiger partial charge is 0.255 e. The lowest BCUT2D eigenvalue weighted by atomic mass is 10.0. The van der Waals surface area contributed by atoms with E-state index in [0.717, 1.165) is 11.3 Å². The largest absolute Gasteiger partial charge is 0.493 e. The fraction of sp³-hybridized carbons (Fsp3) is 0.389. The Morgan fingerprint density at radius 1 is 1.18 bits per heavy atom. The van der Waals surface area contributed by atoms with Gasteiger partial charge in [-0.3, -0.25) is 4.79 Å². The number of nitrogens with two attached hydrogens (primary N) is 1. The van der Waals surface area contributed by atoms with Crippen LogP contribution in [0.25, 0.3) is 0 Å². The van der Waals surface area contributed by atoms with Crippen molar-refractivity contribution in [3.8, 4) is 5.75 Å². The number of aryl methyl sites for hydroxylation is 1. The Kier molecular flexibility index (Phi) is 5.39. The molecule has 118 valence electrons. The SMILES string of the molecule is CCn1cccc(C(N)c2ccc(OCC(C)C)cc2)c1=O. The predicted octanol–water partition coefficient (Wildman–Crippen LogP) is 2.95. The fourth-order valence-corrected chi connectivity index (χ4v) is 2.25. The maximum atomic E-state index is 12.3. The molecule has 0 aliphatic heterocycles. The van der Waals surface area contributed by atoms with Crippen molar-refractivity contribution in [2.24, 2.45) is 11.7 Å². The molecule has 1 heterocycles. The number of aromatic nitrogens is 1. The summed E-state index contributed by atoms with van der Waals surface area (Å²) < 4.78 is 7.32. The molecule has 1 atom stereocenters. The van der Waals surface area contributed by atoms with E-state index in [-0.39, 0.29) is 5.56 Å². The molecule has 0 aliphatic rings. The number of benzene rings is 1. The first-order chi connectivity index (χ1) is 10.5. The summed E-state index contributed by atoms with van der Waals surface area (Å²) >= 11 is 0. The first-order valence-corrected chi connectivity index (χ1v) is 7.70. The second kappa shape index (κ2) is 7.27. The zero-order chi connectivity index (χ0) is 16.1. The first kappa shape index (κ1) is 16.3. The van der Waals surface area contributed by atoms with Crippen molar-refractivity contribution in [2.75, 3.05) is 6.61 Å². The molecular weight excluding hydrogens is 276 g/mol. The van der Waals surface area contributed by atoms with Gasteiger partial charge in [-0.05, 0) is 36.6 Å². The van der Waals surface area contributed by atoms with Crippen molar-refractivity contribution in [3.05, 3.63) is 64.1 Å². The van der Waals surface area contributed by atoms with Gasteiger partial charge in [-0.25, -0.2) is 0 Å². The summed E-state index contributed by atoms with van der Waals surface area (Å²) in [4.78, 5) is 12.3. The maximum absolute atomic E-state index is 12.3. The molecule has 0 spiro atoms. The van der Waals surface area contributed by atoms with Gasteiger partial charge in [0, 0.05) is 18.3 Å². The van der Waals surface area contributed by atoms with Gasteiger partial charge in [-0.1, -0.05) is 32.0 Å². The van der Waals surface area contributed by atoms with Crippen LogP contribution >= 0.6 is 0 Å². The first-order valence-electron chi connectivity index (χ1n) is 7.70. The van der Waals surface area contributed by atoms with E-state index in [9.17, 15) is 4.79 Å². The van der Waals surface area contributed by atoms with Gasteiger partial charge in [0.05, 0.1) is 12.6 Å². The standard InChI is InChI=1S/C18H24N2O2/c1-4-20-11-5-6-16(18(20)21)17(19)14-7-9-15(10-8-14)22-12-13(2)3/h5-11,13,17H,4,12,19H2,1-3H3. The van der Waals surface area contributed by atoms with Crippen LogP contribution in [0.15, 0.2) is 47.4 Å². The Labute approximate surface area is 131 Å². The highest BCUT2D eigenvalue weighted by Gasteiger charge is 2.13. The highest BCUT2D eigenvalue weighted by atomic mass is 16.5. The monoisotopic (exact) mass is 300 g/mol. The molecule has 1 unspecified atom stereocenters. The highest BCUT2D eigenvalue weighted by Crippen LogP contribution is 2.20. The molecule has 1 aromatic heterocycles. The number of hydrogen-bond donors (Lipinski definition) is 1. The van der Waals surface area contributed by atoms with Crippen LogP contribution in [-0.4, -0.2) is 11.2 Å². The zero-order valence-electron chi connectivity index (χ0n) is 13.5. The van der Waals surface area contributed by atoms with Crippen molar-refractivity contribution in [2.45, 2.75) is 33.4 Å². The number of nitrogens with zero attached hydrogens (tertiary/aromatic N) is 1.